The molecule has 1 N–H and O–H groups in total. The van der Waals surface area contributed by atoms with E-state index in [0.717, 1.165) is 6.07 Å². The molecule has 3 aromatic rings. The number of ketones is 1. The molecule has 7 nitrogen and oxygen atoms in total. The molecule has 0 radical (unpaired) electrons. The van der Waals surface area contributed by atoms with Gasteiger partial charge in [0.2, 0.25) is 0 Å². The fourth-order valence-corrected chi connectivity index (χ4v) is 4.14. The van der Waals surface area contributed by atoms with Crippen LogP contribution < -0.4 is 10.2 Å². The fraction of sp³-hybridized carbons (Fsp3) is 0.231. The van der Waals surface area contributed by atoms with Crippen molar-refractivity contribution in [1.29, 1.82) is 0 Å². The van der Waals surface area contributed by atoms with Crippen LogP contribution in [0.1, 0.15) is 27.1 Å². The van der Waals surface area contributed by atoms with Crippen LogP contribution in [0.25, 0.3) is 11.0 Å². The highest BCUT2D eigenvalue weighted by molar-refractivity contribution is 6.02. The Hall–Kier alpha value is -3.98. The third-order valence-corrected chi connectivity index (χ3v) is 6.03. The van der Waals surface area contributed by atoms with E-state index in [1.54, 1.807) is 24.4 Å². The number of carbonyl (C=O) groups is 2. The molecule has 1 amide bonds. The van der Waals surface area contributed by atoms with Crippen LogP contribution in [0.4, 0.5) is 14.6 Å². The first-order valence-electron chi connectivity index (χ1n) is 11.2. The van der Waals surface area contributed by atoms with Crippen LogP contribution in [0.2, 0.25) is 0 Å². The van der Waals surface area contributed by atoms with Crippen LogP contribution in [0.5, 0.6) is 0 Å². The zero-order valence-electron chi connectivity index (χ0n) is 18.7. The summed E-state index contributed by atoms with van der Waals surface area (Å²) in [6.45, 7) is 2.62. The topological polar surface area (TPSA) is 84.4 Å². The van der Waals surface area contributed by atoms with E-state index < -0.39 is 29.3 Å². The van der Waals surface area contributed by atoms with E-state index in [4.69, 9.17) is 4.74 Å². The largest absolute Gasteiger partial charge is 0.378 e. The maximum absolute atomic E-state index is 14.7. The monoisotopic (exact) mass is 476 g/mol. The molecule has 35 heavy (non-hydrogen) atoms. The second-order valence-electron chi connectivity index (χ2n) is 8.36. The Bertz CT molecular complexity index is 1370. The average Bonchev–Trinajstić information content (AvgIpc) is 2.89. The maximum atomic E-state index is 14.7. The van der Waals surface area contributed by atoms with Gasteiger partial charge in [-0.25, -0.2) is 13.8 Å². The van der Waals surface area contributed by atoms with Gasteiger partial charge in [-0.05, 0) is 48.6 Å². The van der Waals surface area contributed by atoms with E-state index in [9.17, 15) is 18.4 Å². The molecule has 1 aliphatic heterocycles. The molecule has 1 atom stereocenters. The number of amides is 1. The van der Waals surface area contributed by atoms with E-state index in [2.05, 4.69) is 20.2 Å². The van der Waals surface area contributed by atoms with Crippen molar-refractivity contribution in [3.05, 3.63) is 89.3 Å². The normalized spacial score (nSPS) is 18.1. The SMILES string of the molecule is O=C(NC1=CC=C(F)C(C(=O)c2ccc3ncc(N4CCOCC4)nc3c2)C1)c1cccc(F)c1. The first-order chi connectivity index (χ1) is 17.0. The summed E-state index contributed by atoms with van der Waals surface area (Å²) in [7, 11) is 0. The van der Waals surface area contributed by atoms with Crippen molar-refractivity contribution in [3.63, 3.8) is 0 Å². The van der Waals surface area contributed by atoms with Gasteiger partial charge in [-0.1, -0.05) is 6.07 Å². The van der Waals surface area contributed by atoms with Crippen molar-refractivity contribution in [3.8, 4) is 0 Å². The van der Waals surface area contributed by atoms with Gasteiger partial charge in [0.05, 0.1) is 36.4 Å². The lowest BCUT2D eigenvalue weighted by Gasteiger charge is -2.27. The molecule has 0 saturated carbocycles. The summed E-state index contributed by atoms with van der Waals surface area (Å²) in [5, 5.41) is 2.65. The summed E-state index contributed by atoms with van der Waals surface area (Å²) in [5.74, 6) is -2.48. The fourth-order valence-electron chi connectivity index (χ4n) is 4.14. The van der Waals surface area contributed by atoms with Crippen molar-refractivity contribution < 1.29 is 23.1 Å². The van der Waals surface area contributed by atoms with Crippen LogP contribution in [0.15, 0.2) is 72.3 Å². The van der Waals surface area contributed by atoms with Crippen molar-refractivity contribution in [1.82, 2.24) is 15.3 Å². The summed E-state index contributed by atoms with van der Waals surface area (Å²) < 4.78 is 33.5. The molecule has 5 rings (SSSR count). The van der Waals surface area contributed by atoms with Gasteiger partial charge in [0.1, 0.15) is 17.5 Å². The minimum absolute atomic E-state index is 0.0280. The van der Waals surface area contributed by atoms with Crippen LogP contribution >= 0.6 is 0 Å². The van der Waals surface area contributed by atoms with Crippen LogP contribution in [-0.2, 0) is 4.74 Å². The predicted octanol–water partition coefficient (Wildman–Crippen LogP) is 3.98. The van der Waals surface area contributed by atoms with E-state index in [-0.39, 0.29) is 12.0 Å². The summed E-state index contributed by atoms with van der Waals surface area (Å²) in [6.07, 6.45) is 4.25. The highest BCUT2D eigenvalue weighted by Gasteiger charge is 2.29. The number of anilines is 1. The highest BCUT2D eigenvalue weighted by Crippen LogP contribution is 2.30. The number of hydrogen-bond donors (Lipinski definition) is 1. The van der Waals surface area contributed by atoms with Crippen molar-refractivity contribution in [2.75, 3.05) is 31.2 Å². The lowest BCUT2D eigenvalue weighted by atomic mass is 9.89. The lowest BCUT2D eigenvalue weighted by Crippen LogP contribution is -2.36. The number of carbonyl (C=O) groups excluding carboxylic acids is 2. The van der Waals surface area contributed by atoms with E-state index in [1.807, 2.05) is 0 Å². The molecule has 1 unspecified atom stereocenters. The molecule has 1 saturated heterocycles. The van der Waals surface area contributed by atoms with E-state index in [1.165, 1.54) is 30.4 Å². The molecule has 0 spiro atoms. The Balaban J connectivity index is 1.34. The molecule has 2 aromatic carbocycles. The quantitative estimate of drug-likeness (QED) is 0.561. The maximum Gasteiger partial charge on any atom is 0.255 e. The molecule has 1 aliphatic carbocycles. The predicted molar refractivity (Wildman–Crippen MR) is 126 cm³/mol. The van der Waals surface area contributed by atoms with Crippen LogP contribution in [0.3, 0.4) is 0 Å². The zero-order valence-corrected chi connectivity index (χ0v) is 18.7. The summed E-state index contributed by atoms with van der Waals surface area (Å²) in [4.78, 5) is 36.8. The third kappa shape index (κ3) is 4.95. The number of hydrogen-bond acceptors (Lipinski definition) is 6. The summed E-state index contributed by atoms with van der Waals surface area (Å²) in [5.41, 5.74) is 1.97. The van der Waals surface area contributed by atoms with Crippen molar-refractivity contribution in [2.45, 2.75) is 6.42 Å². The number of aromatic nitrogens is 2. The first-order valence-corrected chi connectivity index (χ1v) is 11.2. The Morgan fingerprint density at radius 3 is 2.63 bits per heavy atom. The van der Waals surface area contributed by atoms with Crippen LogP contribution in [0, 0.1) is 11.7 Å². The Kier molecular flexibility index (Phi) is 6.33. The number of Topliss-reactive ketones (excluding diaryl/α,β-unsaturated/α-hetero) is 1. The number of ether oxygens (including phenoxy) is 1. The molecule has 178 valence electrons. The lowest BCUT2D eigenvalue weighted by molar-refractivity contribution is 0.0911. The number of allylic oxidation sites excluding steroid dienone is 4. The first kappa shape index (κ1) is 22.8. The van der Waals surface area contributed by atoms with E-state index >= 15 is 0 Å². The van der Waals surface area contributed by atoms with Crippen molar-refractivity contribution in [2.24, 2.45) is 5.92 Å². The summed E-state index contributed by atoms with van der Waals surface area (Å²) >= 11 is 0. The minimum Gasteiger partial charge on any atom is -0.378 e. The number of nitrogens with zero attached hydrogens (tertiary/aromatic N) is 3. The number of morpholine rings is 1. The van der Waals surface area contributed by atoms with Gasteiger partial charge in [0, 0.05) is 36.3 Å². The third-order valence-electron chi connectivity index (χ3n) is 6.03. The Labute approximate surface area is 200 Å². The van der Waals surface area contributed by atoms with Gasteiger partial charge >= 0.3 is 0 Å². The van der Waals surface area contributed by atoms with Gasteiger partial charge in [-0.15, -0.1) is 0 Å². The minimum atomic E-state index is -1.09. The smallest absolute Gasteiger partial charge is 0.255 e. The highest BCUT2D eigenvalue weighted by atomic mass is 19.1. The molecular weight excluding hydrogens is 454 g/mol. The molecule has 9 heteroatoms. The molecular formula is C26H22F2N4O3. The second-order valence-corrected chi connectivity index (χ2v) is 8.36. The molecule has 2 aliphatic rings. The van der Waals surface area contributed by atoms with E-state index in [0.29, 0.717) is 54.4 Å². The van der Waals surface area contributed by atoms with Gasteiger partial charge in [-0.2, -0.15) is 0 Å². The molecule has 0 bridgehead atoms. The van der Waals surface area contributed by atoms with Crippen LogP contribution in [-0.4, -0.2) is 48.0 Å². The number of benzene rings is 2. The number of fused-ring (bicyclic) bond motifs is 1. The van der Waals surface area contributed by atoms with Gasteiger partial charge < -0.3 is 15.0 Å². The van der Waals surface area contributed by atoms with Gasteiger partial charge in [0.25, 0.3) is 5.91 Å². The number of nitrogens with one attached hydrogen (secondary N) is 1. The molecule has 1 aromatic heterocycles. The van der Waals surface area contributed by atoms with Crippen molar-refractivity contribution >= 4 is 28.5 Å². The number of rotatable bonds is 5. The second kappa shape index (κ2) is 9.71. The van der Waals surface area contributed by atoms with Gasteiger partial charge in [-0.3, -0.25) is 14.6 Å². The standard InChI is InChI=1S/C26H22F2N4O3/c27-18-3-1-2-17(12-18)26(34)30-19-5-6-21(28)20(14-19)25(33)16-4-7-22-23(13-16)31-24(15-29-22)32-8-10-35-11-9-32/h1-7,12-13,15,20H,8-11,14H2,(H,30,34). The number of halogens is 2. The molecule has 2 heterocycles. The summed E-state index contributed by atoms with van der Waals surface area (Å²) in [6, 6.07) is 10.2. The average molecular weight is 476 g/mol. The zero-order chi connectivity index (χ0) is 24.4. The van der Waals surface area contributed by atoms with Gasteiger partial charge in [0.15, 0.2) is 5.78 Å². The molecule has 1 fully saturated rings. The Morgan fingerprint density at radius 2 is 1.83 bits per heavy atom. The Morgan fingerprint density at radius 1 is 1.00 bits per heavy atom.